The highest BCUT2D eigenvalue weighted by molar-refractivity contribution is 6.30. The molecule has 3 heteroatoms. The molecule has 0 unspecified atom stereocenters. The van der Waals surface area contributed by atoms with Crippen LogP contribution in [0.15, 0.2) is 24.3 Å². The maximum absolute atomic E-state index is 5.97. The van der Waals surface area contributed by atoms with E-state index in [4.69, 9.17) is 16.3 Å². The maximum atomic E-state index is 5.97. The summed E-state index contributed by atoms with van der Waals surface area (Å²) in [6.45, 7) is 9.68. The van der Waals surface area contributed by atoms with Gasteiger partial charge in [0.1, 0.15) is 0 Å². The van der Waals surface area contributed by atoms with Crippen LogP contribution in [0.3, 0.4) is 0 Å². The molecule has 106 valence electrons. The minimum atomic E-state index is 0.611. The van der Waals surface area contributed by atoms with Crippen LogP contribution in [-0.4, -0.2) is 37.7 Å². The van der Waals surface area contributed by atoms with Crippen molar-refractivity contribution < 1.29 is 4.74 Å². The smallest absolute Gasteiger partial charge is 0.0594 e. The van der Waals surface area contributed by atoms with Crippen molar-refractivity contribution in [3.63, 3.8) is 0 Å². The van der Waals surface area contributed by atoms with E-state index in [1.54, 1.807) is 0 Å². The lowest BCUT2D eigenvalue weighted by Crippen LogP contribution is -2.37. The molecule has 1 heterocycles. The van der Waals surface area contributed by atoms with Crippen LogP contribution in [0.5, 0.6) is 0 Å². The molecular formula is C16H24ClNO. The molecule has 1 aliphatic heterocycles. The van der Waals surface area contributed by atoms with Gasteiger partial charge in [0.2, 0.25) is 0 Å². The van der Waals surface area contributed by atoms with Gasteiger partial charge in [-0.3, -0.25) is 4.90 Å². The Hall–Kier alpha value is -0.570. The summed E-state index contributed by atoms with van der Waals surface area (Å²) in [6.07, 6.45) is 1.21. The van der Waals surface area contributed by atoms with Crippen molar-refractivity contribution in [1.82, 2.24) is 4.90 Å². The number of hydrogen-bond donors (Lipinski definition) is 0. The summed E-state index contributed by atoms with van der Waals surface area (Å²) in [5.74, 6) is 1.27. The van der Waals surface area contributed by atoms with Crippen LogP contribution in [0.1, 0.15) is 31.7 Å². The first-order chi connectivity index (χ1) is 9.16. The van der Waals surface area contributed by atoms with E-state index in [1.807, 2.05) is 12.1 Å². The van der Waals surface area contributed by atoms with Crippen molar-refractivity contribution >= 4 is 11.6 Å². The molecule has 19 heavy (non-hydrogen) atoms. The molecule has 1 fully saturated rings. The third kappa shape index (κ3) is 4.48. The van der Waals surface area contributed by atoms with Crippen LogP contribution < -0.4 is 0 Å². The molecule has 0 radical (unpaired) electrons. The fraction of sp³-hybridized carbons (Fsp3) is 0.625. The van der Waals surface area contributed by atoms with Gasteiger partial charge in [0.25, 0.3) is 0 Å². The maximum Gasteiger partial charge on any atom is 0.0594 e. The summed E-state index contributed by atoms with van der Waals surface area (Å²) in [5.41, 5.74) is 1.41. The van der Waals surface area contributed by atoms with E-state index in [1.165, 1.54) is 12.0 Å². The largest absolute Gasteiger partial charge is 0.379 e. The molecule has 2 rings (SSSR count). The lowest BCUT2D eigenvalue weighted by Gasteiger charge is -2.29. The van der Waals surface area contributed by atoms with Gasteiger partial charge >= 0.3 is 0 Å². The van der Waals surface area contributed by atoms with Crippen LogP contribution in [0.25, 0.3) is 0 Å². The summed E-state index contributed by atoms with van der Waals surface area (Å²) in [7, 11) is 0. The molecule has 1 aromatic carbocycles. The fourth-order valence-electron chi connectivity index (χ4n) is 2.74. The zero-order valence-electron chi connectivity index (χ0n) is 11.9. The number of nitrogens with zero attached hydrogens (tertiary/aromatic N) is 1. The monoisotopic (exact) mass is 281 g/mol. The standard InChI is InChI=1S/C16H24ClNO/c1-13(2)16(14-3-5-15(17)6-4-14)7-8-18-9-11-19-12-10-18/h3-6,13,16H,7-12H2,1-2H3/t16-/m1/s1. The van der Waals surface area contributed by atoms with Gasteiger partial charge in [-0.25, -0.2) is 0 Å². The Balaban J connectivity index is 1.94. The van der Waals surface area contributed by atoms with E-state index in [0.717, 1.165) is 37.9 Å². The van der Waals surface area contributed by atoms with Crippen LogP contribution in [0, 0.1) is 5.92 Å². The molecule has 1 aromatic rings. The zero-order chi connectivity index (χ0) is 13.7. The zero-order valence-corrected chi connectivity index (χ0v) is 12.7. The van der Waals surface area contributed by atoms with Gasteiger partial charge in [0, 0.05) is 18.1 Å². The number of hydrogen-bond acceptors (Lipinski definition) is 2. The van der Waals surface area contributed by atoms with E-state index < -0.39 is 0 Å². The molecule has 0 spiro atoms. The topological polar surface area (TPSA) is 12.5 Å². The lowest BCUT2D eigenvalue weighted by molar-refractivity contribution is 0.0360. The molecular weight excluding hydrogens is 258 g/mol. The number of ether oxygens (including phenoxy) is 1. The van der Waals surface area contributed by atoms with Crippen molar-refractivity contribution in [1.29, 1.82) is 0 Å². The lowest BCUT2D eigenvalue weighted by atomic mass is 9.85. The van der Waals surface area contributed by atoms with Crippen molar-refractivity contribution in [2.45, 2.75) is 26.2 Å². The van der Waals surface area contributed by atoms with E-state index in [0.29, 0.717) is 11.8 Å². The Morgan fingerprint density at radius 3 is 2.37 bits per heavy atom. The van der Waals surface area contributed by atoms with Gasteiger partial charge in [-0.05, 0) is 42.5 Å². The normalized spacial score (nSPS) is 18.7. The Morgan fingerprint density at radius 2 is 1.79 bits per heavy atom. The van der Waals surface area contributed by atoms with Crippen molar-refractivity contribution in [3.05, 3.63) is 34.9 Å². The van der Waals surface area contributed by atoms with Crippen molar-refractivity contribution in [3.8, 4) is 0 Å². The van der Waals surface area contributed by atoms with E-state index in [9.17, 15) is 0 Å². The van der Waals surface area contributed by atoms with Gasteiger partial charge in [-0.2, -0.15) is 0 Å². The molecule has 1 atom stereocenters. The molecule has 2 nitrogen and oxygen atoms in total. The molecule has 0 saturated carbocycles. The number of benzene rings is 1. The van der Waals surface area contributed by atoms with Crippen molar-refractivity contribution in [2.24, 2.45) is 5.92 Å². The molecule has 0 N–H and O–H groups in total. The van der Waals surface area contributed by atoms with E-state index in [2.05, 4.69) is 30.9 Å². The second-order valence-corrected chi connectivity index (χ2v) is 6.08. The third-order valence-corrected chi connectivity index (χ3v) is 4.21. The van der Waals surface area contributed by atoms with E-state index in [-0.39, 0.29) is 0 Å². The number of halogens is 1. The van der Waals surface area contributed by atoms with Crippen LogP contribution in [-0.2, 0) is 4.74 Å². The summed E-state index contributed by atoms with van der Waals surface area (Å²) >= 11 is 5.97. The summed E-state index contributed by atoms with van der Waals surface area (Å²) in [4.78, 5) is 2.51. The highest BCUT2D eigenvalue weighted by Gasteiger charge is 2.18. The Bertz CT molecular complexity index is 371. The number of morpholine rings is 1. The molecule has 0 bridgehead atoms. The van der Waals surface area contributed by atoms with Crippen LogP contribution in [0.2, 0.25) is 5.02 Å². The number of rotatable bonds is 5. The van der Waals surface area contributed by atoms with Gasteiger partial charge in [0.15, 0.2) is 0 Å². The van der Waals surface area contributed by atoms with Gasteiger partial charge in [-0.15, -0.1) is 0 Å². The molecule has 0 aromatic heterocycles. The predicted octanol–water partition coefficient (Wildman–Crippen LogP) is 3.80. The highest BCUT2D eigenvalue weighted by atomic mass is 35.5. The van der Waals surface area contributed by atoms with E-state index >= 15 is 0 Å². The van der Waals surface area contributed by atoms with Gasteiger partial charge in [0.05, 0.1) is 13.2 Å². The average molecular weight is 282 g/mol. The first-order valence-corrected chi connectivity index (χ1v) is 7.60. The van der Waals surface area contributed by atoms with Crippen LogP contribution in [0.4, 0.5) is 0 Å². The minimum Gasteiger partial charge on any atom is -0.379 e. The van der Waals surface area contributed by atoms with Crippen molar-refractivity contribution in [2.75, 3.05) is 32.8 Å². The van der Waals surface area contributed by atoms with Gasteiger partial charge < -0.3 is 4.74 Å². The quantitative estimate of drug-likeness (QED) is 0.814. The van der Waals surface area contributed by atoms with Gasteiger partial charge in [-0.1, -0.05) is 37.6 Å². The fourth-order valence-corrected chi connectivity index (χ4v) is 2.87. The predicted molar refractivity (Wildman–Crippen MR) is 80.9 cm³/mol. The average Bonchev–Trinajstić information content (AvgIpc) is 2.42. The third-order valence-electron chi connectivity index (χ3n) is 3.96. The molecule has 0 amide bonds. The first kappa shape index (κ1) is 14.8. The minimum absolute atomic E-state index is 0.611. The second kappa shape index (κ2) is 7.28. The summed E-state index contributed by atoms with van der Waals surface area (Å²) in [5, 5.41) is 0.819. The Morgan fingerprint density at radius 1 is 1.16 bits per heavy atom. The highest BCUT2D eigenvalue weighted by Crippen LogP contribution is 2.29. The Kier molecular flexibility index (Phi) is 5.68. The summed E-state index contributed by atoms with van der Waals surface area (Å²) in [6, 6.07) is 8.35. The van der Waals surface area contributed by atoms with Crippen LogP contribution >= 0.6 is 11.6 Å². The molecule has 1 saturated heterocycles. The molecule has 1 aliphatic rings. The first-order valence-electron chi connectivity index (χ1n) is 7.22. The second-order valence-electron chi connectivity index (χ2n) is 5.64. The summed E-state index contributed by atoms with van der Waals surface area (Å²) < 4.78 is 5.40. The Labute approximate surface area is 121 Å². The SMILES string of the molecule is CC(C)[C@@H](CCN1CCOCC1)c1ccc(Cl)cc1. The molecule has 0 aliphatic carbocycles.